The second-order valence-electron chi connectivity index (χ2n) is 3.99. The van der Waals surface area contributed by atoms with E-state index < -0.39 is 11.3 Å². The van der Waals surface area contributed by atoms with E-state index in [-0.39, 0.29) is 12.3 Å². The first kappa shape index (κ1) is 8.91. The molecule has 1 nitrogen and oxygen atoms in total. The second-order valence-corrected chi connectivity index (χ2v) is 3.99. The van der Waals surface area contributed by atoms with Crippen molar-refractivity contribution in [1.29, 1.82) is 0 Å². The average Bonchev–Trinajstić information content (AvgIpc) is 2.31. The van der Waals surface area contributed by atoms with Crippen LogP contribution in [0.25, 0.3) is 0 Å². The van der Waals surface area contributed by atoms with Gasteiger partial charge in [0.1, 0.15) is 0 Å². The minimum atomic E-state index is -2.42. The summed E-state index contributed by atoms with van der Waals surface area (Å²) in [4.78, 5) is 0. The Bertz CT molecular complexity index is 158. The molecule has 2 unspecified atom stereocenters. The van der Waals surface area contributed by atoms with Crippen molar-refractivity contribution < 1.29 is 8.78 Å². The molecular formula is C8H15F2N. The summed E-state index contributed by atoms with van der Waals surface area (Å²) in [7, 11) is 0. The summed E-state index contributed by atoms with van der Waals surface area (Å²) in [5.41, 5.74) is 4.61. The highest BCUT2D eigenvalue weighted by atomic mass is 19.3. The van der Waals surface area contributed by atoms with E-state index >= 15 is 0 Å². The van der Waals surface area contributed by atoms with Gasteiger partial charge in [0.15, 0.2) is 0 Å². The van der Waals surface area contributed by atoms with Crippen molar-refractivity contribution in [1.82, 2.24) is 0 Å². The van der Waals surface area contributed by atoms with Crippen LogP contribution < -0.4 is 5.73 Å². The predicted molar refractivity (Wildman–Crippen MR) is 40.5 cm³/mol. The van der Waals surface area contributed by atoms with Gasteiger partial charge in [-0.05, 0) is 18.9 Å². The predicted octanol–water partition coefficient (Wildman–Crippen LogP) is 2.02. The lowest BCUT2D eigenvalue weighted by molar-refractivity contribution is 0.0618. The zero-order valence-corrected chi connectivity index (χ0v) is 7.03. The normalized spacial score (nSPS) is 36.8. The molecule has 1 rings (SSSR count). The van der Waals surface area contributed by atoms with Crippen LogP contribution in [-0.4, -0.2) is 12.5 Å². The highest BCUT2D eigenvalue weighted by Crippen LogP contribution is 2.63. The van der Waals surface area contributed by atoms with Crippen molar-refractivity contribution in [2.75, 3.05) is 6.54 Å². The Morgan fingerprint density at radius 2 is 2.00 bits per heavy atom. The van der Waals surface area contributed by atoms with Crippen LogP contribution >= 0.6 is 0 Å². The molecule has 0 aromatic rings. The molecule has 0 saturated heterocycles. The van der Waals surface area contributed by atoms with Gasteiger partial charge in [-0.1, -0.05) is 13.8 Å². The molecule has 0 aromatic heterocycles. The van der Waals surface area contributed by atoms with Crippen molar-refractivity contribution in [3.63, 3.8) is 0 Å². The number of hydrogen-bond acceptors (Lipinski definition) is 1. The largest absolute Gasteiger partial charge is 0.330 e. The molecule has 1 saturated carbocycles. The molecule has 1 aliphatic rings. The van der Waals surface area contributed by atoms with Crippen LogP contribution in [0.3, 0.4) is 0 Å². The van der Waals surface area contributed by atoms with Crippen molar-refractivity contribution in [2.45, 2.75) is 32.6 Å². The van der Waals surface area contributed by atoms with Crippen LogP contribution in [-0.2, 0) is 0 Å². The van der Waals surface area contributed by atoms with Crippen LogP contribution in [0.5, 0.6) is 0 Å². The molecule has 2 atom stereocenters. The fourth-order valence-corrected chi connectivity index (χ4v) is 1.52. The fraction of sp³-hybridized carbons (Fsp3) is 1.00. The summed E-state index contributed by atoms with van der Waals surface area (Å²) >= 11 is 0. The fourth-order valence-electron chi connectivity index (χ4n) is 1.52. The first-order valence-electron chi connectivity index (χ1n) is 3.99. The van der Waals surface area contributed by atoms with Crippen LogP contribution in [0, 0.1) is 11.3 Å². The van der Waals surface area contributed by atoms with E-state index in [2.05, 4.69) is 0 Å². The maximum atomic E-state index is 12.6. The molecule has 2 N–H and O–H groups in total. The summed E-state index contributed by atoms with van der Waals surface area (Å²) in [6, 6.07) is 0. The highest BCUT2D eigenvalue weighted by Gasteiger charge is 2.67. The van der Waals surface area contributed by atoms with Crippen LogP contribution in [0.1, 0.15) is 26.7 Å². The second kappa shape index (κ2) is 2.41. The number of halogens is 2. The lowest BCUT2D eigenvalue weighted by Crippen LogP contribution is -2.17. The van der Waals surface area contributed by atoms with Crippen LogP contribution in [0.2, 0.25) is 0 Å². The zero-order valence-electron chi connectivity index (χ0n) is 7.03. The van der Waals surface area contributed by atoms with E-state index in [1.807, 2.05) is 6.92 Å². The van der Waals surface area contributed by atoms with Gasteiger partial charge < -0.3 is 5.73 Å². The summed E-state index contributed by atoms with van der Waals surface area (Å²) < 4.78 is 25.3. The van der Waals surface area contributed by atoms with E-state index in [4.69, 9.17) is 5.73 Å². The van der Waals surface area contributed by atoms with Crippen molar-refractivity contribution in [3.8, 4) is 0 Å². The smallest absolute Gasteiger partial charge is 0.254 e. The zero-order chi connectivity index (χ0) is 8.70. The highest BCUT2D eigenvalue weighted by molar-refractivity contribution is 5.07. The molecule has 3 heteroatoms. The molecule has 0 spiro atoms. The van der Waals surface area contributed by atoms with Gasteiger partial charge in [-0.2, -0.15) is 0 Å². The molecule has 0 aromatic carbocycles. The molecular weight excluding hydrogens is 148 g/mol. The van der Waals surface area contributed by atoms with Gasteiger partial charge >= 0.3 is 0 Å². The van der Waals surface area contributed by atoms with Crippen LogP contribution in [0.4, 0.5) is 8.78 Å². The molecule has 11 heavy (non-hydrogen) atoms. The Hall–Kier alpha value is -0.180. The van der Waals surface area contributed by atoms with Gasteiger partial charge in [0.25, 0.3) is 5.92 Å². The standard InChI is InChI=1S/C8H15F2N/c1-6(4-11)3-7(2)5-8(7,9)10/h6H,3-5,11H2,1-2H3. The summed E-state index contributed by atoms with van der Waals surface area (Å²) in [6.07, 6.45) is 0.598. The average molecular weight is 163 g/mol. The first-order chi connectivity index (χ1) is 4.91. The Labute approximate surface area is 66.0 Å². The number of hydrogen-bond donors (Lipinski definition) is 1. The van der Waals surface area contributed by atoms with E-state index in [1.54, 1.807) is 6.92 Å². The van der Waals surface area contributed by atoms with Gasteiger partial charge in [0.05, 0.1) is 0 Å². The van der Waals surface area contributed by atoms with E-state index in [9.17, 15) is 8.78 Å². The van der Waals surface area contributed by atoms with E-state index in [0.717, 1.165) is 0 Å². The summed E-state index contributed by atoms with van der Waals surface area (Å²) in [5, 5.41) is 0. The molecule has 1 aliphatic carbocycles. The molecule has 0 aliphatic heterocycles. The number of nitrogens with two attached hydrogens (primary N) is 1. The van der Waals surface area contributed by atoms with Crippen molar-refractivity contribution >= 4 is 0 Å². The molecule has 0 bridgehead atoms. The van der Waals surface area contributed by atoms with Gasteiger partial charge in [-0.25, -0.2) is 8.78 Å². The van der Waals surface area contributed by atoms with Gasteiger partial charge in [0.2, 0.25) is 0 Å². The SMILES string of the molecule is CC(CN)CC1(C)CC1(F)F. The summed E-state index contributed by atoms with van der Waals surface area (Å²) in [6.45, 7) is 4.06. The minimum absolute atomic E-state index is 0.0460. The summed E-state index contributed by atoms with van der Waals surface area (Å²) in [5.74, 6) is -2.20. The maximum absolute atomic E-state index is 12.6. The molecule has 0 radical (unpaired) electrons. The first-order valence-corrected chi connectivity index (χ1v) is 3.99. The third kappa shape index (κ3) is 1.53. The third-order valence-corrected chi connectivity index (χ3v) is 2.57. The Morgan fingerprint density at radius 1 is 1.55 bits per heavy atom. The topological polar surface area (TPSA) is 26.0 Å². The van der Waals surface area contributed by atoms with E-state index in [0.29, 0.717) is 13.0 Å². The van der Waals surface area contributed by atoms with Crippen molar-refractivity contribution in [3.05, 3.63) is 0 Å². The maximum Gasteiger partial charge on any atom is 0.254 e. The Morgan fingerprint density at radius 3 is 2.27 bits per heavy atom. The molecule has 1 fully saturated rings. The Balaban J connectivity index is 2.40. The quantitative estimate of drug-likeness (QED) is 0.676. The molecule has 0 heterocycles. The minimum Gasteiger partial charge on any atom is -0.330 e. The van der Waals surface area contributed by atoms with Crippen molar-refractivity contribution in [2.24, 2.45) is 17.1 Å². The Kier molecular flexibility index (Phi) is 1.95. The van der Waals surface area contributed by atoms with E-state index in [1.165, 1.54) is 0 Å². The van der Waals surface area contributed by atoms with Gasteiger partial charge in [0, 0.05) is 11.8 Å². The third-order valence-electron chi connectivity index (χ3n) is 2.57. The molecule has 0 amide bonds. The number of alkyl halides is 2. The molecule has 66 valence electrons. The monoisotopic (exact) mass is 163 g/mol. The lowest BCUT2D eigenvalue weighted by atomic mass is 9.94. The van der Waals surface area contributed by atoms with Gasteiger partial charge in [-0.3, -0.25) is 0 Å². The lowest BCUT2D eigenvalue weighted by Gasteiger charge is -2.14. The van der Waals surface area contributed by atoms with Crippen LogP contribution in [0.15, 0.2) is 0 Å². The number of rotatable bonds is 3. The van der Waals surface area contributed by atoms with Gasteiger partial charge in [-0.15, -0.1) is 0 Å².